The quantitative estimate of drug-likeness (QED) is 0.566. The van der Waals surface area contributed by atoms with Gasteiger partial charge in [-0.2, -0.15) is 0 Å². The van der Waals surface area contributed by atoms with Gasteiger partial charge in [-0.25, -0.2) is 9.97 Å². The van der Waals surface area contributed by atoms with Gasteiger partial charge in [-0.1, -0.05) is 11.6 Å². The van der Waals surface area contributed by atoms with Crippen LogP contribution in [0.1, 0.15) is 10.6 Å². The molecule has 0 aliphatic rings. The summed E-state index contributed by atoms with van der Waals surface area (Å²) in [5.74, 6) is -0.927. The molecule has 0 saturated carbocycles. The number of rotatable bonds is 4. The molecule has 122 valence electrons. The smallest absolute Gasteiger partial charge is 0.325 e. The van der Waals surface area contributed by atoms with Crippen LogP contribution in [-0.2, 0) is 9.53 Å². The zero-order valence-electron chi connectivity index (χ0n) is 12.6. The number of hydrogen-bond donors (Lipinski definition) is 1. The molecule has 1 amide bonds. The van der Waals surface area contributed by atoms with Crippen LogP contribution in [0.4, 0.5) is 0 Å². The number of halogens is 1. The predicted molar refractivity (Wildman–Crippen MR) is 85.6 cm³/mol. The Morgan fingerprint density at radius 1 is 1.33 bits per heavy atom. The minimum Gasteiger partial charge on any atom is -0.468 e. The van der Waals surface area contributed by atoms with Gasteiger partial charge in [0.15, 0.2) is 0 Å². The molecule has 0 spiro atoms. The van der Waals surface area contributed by atoms with E-state index >= 15 is 0 Å². The van der Waals surface area contributed by atoms with Gasteiger partial charge in [-0.3, -0.25) is 19.0 Å². The van der Waals surface area contributed by atoms with Crippen molar-refractivity contribution >= 4 is 29.0 Å². The van der Waals surface area contributed by atoms with E-state index < -0.39 is 11.9 Å². The summed E-state index contributed by atoms with van der Waals surface area (Å²) in [6.45, 7) is -0.243. The van der Waals surface area contributed by atoms with Crippen LogP contribution in [0, 0.1) is 0 Å². The molecule has 0 radical (unpaired) electrons. The number of amides is 1. The van der Waals surface area contributed by atoms with Gasteiger partial charge in [0, 0.05) is 24.2 Å². The van der Waals surface area contributed by atoms with Gasteiger partial charge in [-0.05, 0) is 12.1 Å². The molecule has 0 aromatic carbocycles. The number of methoxy groups -OCH3 is 1. The predicted octanol–water partition coefficient (Wildman–Crippen LogP) is 1.35. The van der Waals surface area contributed by atoms with Crippen molar-refractivity contribution in [2.75, 3.05) is 13.7 Å². The normalized spacial score (nSPS) is 10.6. The first-order valence-electron chi connectivity index (χ1n) is 6.89. The Bertz CT molecular complexity index is 907. The molecule has 3 rings (SSSR count). The first-order valence-corrected chi connectivity index (χ1v) is 7.27. The lowest BCUT2D eigenvalue weighted by molar-refractivity contribution is -0.139. The molecule has 0 aliphatic carbocycles. The van der Waals surface area contributed by atoms with E-state index in [1.165, 1.54) is 13.3 Å². The third kappa shape index (κ3) is 3.04. The van der Waals surface area contributed by atoms with E-state index in [0.717, 1.165) is 0 Å². The molecule has 24 heavy (non-hydrogen) atoms. The van der Waals surface area contributed by atoms with E-state index in [9.17, 15) is 9.59 Å². The van der Waals surface area contributed by atoms with Crippen LogP contribution in [0.15, 0.2) is 36.9 Å². The van der Waals surface area contributed by atoms with E-state index in [0.29, 0.717) is 21.9 Å². The first kappa shape index (κ1) is 15.9. The molecule has 9 heteroatoms. The molecule has 0 fully saturated rings. The summed E-state index contributed by atoms with van der Waals surface area (Å²) in [6.07, 6.45) is 6.31. The number of esters is 1. The maximum absolute atomic E-state index is 12.3. The van der Waals surface area contributed by atoms with Crippen molar-refractivity contribution in [2.45, 2.75) is 0 Å². The van der Waals surface area contributed by atoms with Gasteiger partial charge < -0.3 is 10.1 Å². The monoisotopic (exact) mass is 345 g/mol. The summed E-state index contributed by atoms with van der Waals surface area (Å²) in [6, 6.07) is 3.39. The lowest BCUT2D eigenvalue weighted by atomic mass is 10.2. The van der Waals surface area contributed by atoms with E-state index in [1.54, 1.807) is 35.1 Å². The van der Waals surface area contributed by atoms with Crippen LogP contribution < -0.4 is 5.32 Å². The highest BCUT2D eigenvalue weighted by atomic mass is 35.5. The van der Waals surface area contributed by atoms with Gasteiger partial charge in [0.1, 0.15) is 17.4 Å². The summed E-state index contributed by atoms with van der Waals surface area (Å²) in [5, 5.41) is 2.82. The summed E-state index contributed by atoms with van der Waals surface area (Å²) in [7, 11) is 1.25. The molecule has 3 aromatic heterocycles. The van der Waals surface area contributed by atoms with Crippen LogP contribution in [0.2, 0.25) is 5.15 Å². The minimum atomic E-state index is -0.548. The van der Waals surface area contributed by atoms with E-state index in [2.05, 4.69) is 25.0 Å². The summed E-state index contributed by atoms with van der Waals surface area (Å²) in [5.41, 5.74) is 1.86. The second-order valence-corrected chi connectivity index (χ2v) is 5.13. The zero-order valence-corrected chi connectivity index (χ0v) is 13.3. The molecule has 0 atom stereocenters. The van der Waals surface area contributed by atoms with Crippen molar-refractivity contribution in [3.8, 4) is 11.3 Å². The van der Waals surface area contributed by atoms with Crippen molar-refractivity contribution in [3.63, 3.8) is 0 Å². The summed E-state index contributed by atoms with van der Waals surface area (Å²) >= 11 is 5.80. The minimum absolute atomic E-state index is 0.126. The fraction of sp³-hybridized carbons (Fsp3) is 0.133. The van der Waals surface area contributed by atoms with Crippen molar-refractivity contribution in [2.24, 2.45) is 0 Å². The summed E-state index contributed by atoms with van der Waals surface area (Å²) < 4.78 is 6.08. The molecule has 3 aromatic rings. The SMILES string of the molecule is COC(=O)CNC(=O)c1nc(-c2ccc(Cl)nc2)c2cnccn12. The molecular weight excluding hydrogens is 334 g/mol. The van der Waals surface area contributed by atoms with Gasteiger partial charge >= 0.3 is 5.97 Å². The average Bonchev–Trinajstić information content (AvgIpc) is 3.00. The van der Waals surface area contributed by atoms with Crippen LogP contribution in [-0.4, -0.2) is 44.9 Å². The summed E-state index contributed by atoms with van der Waals surface area (Å²) in [4.78, 5) is 35.9. The molecule has 3 heterocycles. The molecule has 0 unspecified atom stereocenters. The van der Waals surface area contributed by atoms with E-state index in [4.69, 9.17) is 11.6 Å². The van der Waals surface area contributed by atoms with Crippen molar-refractivity contribution in [3.05, 3.63) is 47.9 Å². The third-order valence-electron chi connectivity index (χ3n) is 3.27. The van der Waals surface area contributed by atoms with Crippen LogP contribution in [0.25, 0.3) is 16.8 Å². The number of imidazole rings is 1. The Hall–Kier alpha value is -3.00. The van der Waals surface area contributed by atoms with E-state index in [-0.39, 0.29) is 12.4 Å². The number of hydrogen-bond acceptors (Lipinski definition) is 6. The van der Waals surface area contributed by atoms with E-state index in [1.807, 2.05) is 0 Å². The van der Waals surface area contributed by atoms with Crippen LogP contribution >= 0.6 is 11.6 Å². The van der Waals surface area contributed by atoms with Crippen molar-refractivity contribution < 1.29 is 14.3 Å². The molecule has 8 nitrogen and oxygen atoms in total. The lowest BCUT2D eigenvalue weighted by Gasteiger charge is -2.02. The third-order valence-corrected chi connectivity index (χ3v) is 3.50. The Labute approximate surface area is 141 Å². The van der Waals surface area contributed by atoms with Crippen molar-refractivity contribution in [1.29, 1.82) is 0 Å². The van der Waals surface area contributed by atoms with Gasteiger partial charge in [0.2, 0.25) is 5.82 Å². The fourth-order valence-electron chi connectivity index (χ4n) is 2.13. The van der Waals surface area contributed by atoms with Crippen LogP contribution in [0.3, 0.4) is 0 Å². The molecule has 0 aliphatic heterocycles. The second kappa shape index (κ2) is 6.63. The topological polar surface area (TPSA) is 98.5 Å². The molecule has 0 saturated heterocycles. The second-order valence-electron chi connectivity index (χ2n) is 4.74. The number of nitrogens with one attached hydrogen (secondary N) is 1. The Kier molecular flexibility index (Phi) is 4.39. The number of pyridine rings is 1. The molecule has 0 bridgehead atoms. The van der Waals surface area contributed by atoms with Crippen LogP contribution in [0.5, 0.6) is 0 Å². The molecular formula is C15H12ClN5O3. The lowest BCUT2D eigenvalue weighted by Crippen LogP contribution is -2.31. The Balaban J connectivity index is 2.02. The maximum Gasteiger partial charge on any atom is 0.325 e. The number of ether oxygens (including phenoxy) is 1. The Morgan fingerprint density at radius 3 is 2.88 bits per heavy atom. The zero-order chi connectivity index (χ0) is 17.1. The number of carbonyl (C=O) groups is 2. The van der Waals surface area contributed by atoms with Gasteiger partial charge in [0.25, 0.3) is 5.91 Å². The van der Waals surface area contributed by atoms with Crippen molar-refractivity contribution in [1.82, 2.24) is 24.7 Å². The maximum atomic E-state index is 12.3. The highest BCUT2D eigenvalue weighted by molar-refractivity contribution is 6.29. The highest BCUT2D eigenvalue weighted by Crippen LogP contribution is 2.24. The first-order chi connectivity index (χ1) is 11.6. The number of fused-ring (bicyclic) bond motifs is 1. The highest BCUT2D eigenvalue weighted by Gasteiger charge is 2.19. The standard InChI is InChI=1S/C15H12ClN5O3/c1-24-12(22)8-19-15(23)14-20-13(9-2-3-11(16)18-6-9)10-7-17-4-5-21(10)14/h2-7H,8H2,1H3,(H,19,23). The number of nitrogens with zero attached hydrogens (tertiary/aromatic N) is 4. The number of carbonyl (C=O) groups excluding carboxylic acids is 2. The molecule has 1 N–H and O–H groups in total. The fourth-order valence-corrected chi connectivity index (χ4v) is 2.24. The number of aromatic nitrogens is 4. The van der Waals surface area contributed by atoms with Gasteiger partial charge in [0.05, 0.1) is 18.8 Å². The Morgan fingerprint density at radius 2 is 2.17 bits per heavy atom. The van der Waals surface area contributed by atoms with Gasteiger partial charge in [-0.15, -0.1) is 0 Å². The largest absolute Gasteiger partial charge is 0.468 e. The average molecular weight is 346 g/mol.